The van der Waals surface area contributed by atoms with Crippen LogP contribution in [0.5, 0.6) is 5.75 Å². The molecular formula is C36H34N6O5. The number of aromatic amines is 1. The number of nitrogens with zero attached hydrogens (tertiary/aromatic N) is 3. The van der Waals surface area contributed by atoms with Crippen LogP contribution in [0.3, 0.4) is 0 Å². The minimum absolute atomic E-state index is 0.209. The van der Waals surface area contributed by atoms with Gasteiger partial charge in [0.15, 0.2) is 0 Å². The zero-order chi connectivity index (χ0) is 32.5. The second kappa shape index (κ2) is 12.7. The number of pyridine rings is 1. The molecule has 0 radical (unpaired) electrons. The van der Waals surface area contributed by atoms with Gasteiger partial charge in [-0.1, -0.05) is 17.9 Å². The lowest BCUT2D eigenvalue weighted by Crippen LogP contribution is -2.52. The SMILES string of the molecule is CN1CCC[C@@H]1c1cc2cnc(NC(=O)c3ccc(OCCC#Cc4cccc5c4CN(C4CCC(=O)NC4=O)C5=O)cc3)cc2[nH]1. The summed E-state index contributed by atoms with van der Waals surface area (Å²) in [4.78, 5) is 61.6. The summed E-state index contributed by atoms with van der Waals surface area (Å²) >= 11 is 0. The Morgan fingerprint density at radius 3 is 2.72 bits per heavy atom. The van der Waals surface area contributed by atoms with Crippen molar-refractivity contribution in [2.24, 2.45) is 0 Å². The molecule has 0 aliphatic carbocycles. The predicted molar refractivity (Wildman–Crippen MR) is 175 cm³/mol. The first kappa shape index (κ1) is 30.2. The number of carbonyl (C=O) groups is 4. The van der Waals surface area contributed by atoms with Crippen molar-refractivity contribution in [1.29, 1.82) is 0 Å². The van der Waals surface area contributed by atoms with E-state index < -0.39 is 11.9 Å². The highest BCUT2D eigenvalue weighted by Gasteiger charge is 2.39. The number of hydrogen-bond acceptors (Lipinski definition) is 7. The molecule has 11 heteroatoms. The summed E-state index contributed by atoms with van der Waals surface area (Å²) < 4.78 is 5.84. The Hall–Kier alpha value is -5.47. The Labute approximate surface area is 271 Å². The zero-order valence-corrected chi connectivity index (χ0v) is 26.0. The third kappa shape index (κ3) is 6.20. The number of imide groups is 1. The number of rotatable bonds is 7. The first-order valence-corrected chi connectivity index (χ1v) is 15.8. The maximum Gasteiger partial charge on any atom is 0.256 e. The molecule has 4 aromatic rings. The van der Waals surface area contributed by atoms with Crippen LogP contribution in [0.4, 0.5) is 5.82 Å². The van der Waals surface area contributed by atoms with Crippen LogP contribution in [0, 0.1) is 11.8 Å². The van der Waals surface area contributed by atoms with E-state index in [0.29, 0.717) is 48.2 Å². The van der Waals surface area contributed by atoms with Crippen molar-refractivity contribution >= 4 is 40.3 Å². The normalized spacial score (nSPS) is 19.3. The Morgan fingerprint density at radius 2 is 1.94 bits per heavy atom. The van der Waals surface area contributed by atoms with E-state index >= 15 is 0 Å². The number of piperidine rings is 1. The number of carbonyl (C=O) groups excluding carboxylic acids is 4. The monoisotopic (exact) mass is 630 g/mol. The van der Waals surface area contributed by atoms with E-state index in [1.807, 2.05) is 12.1 Å². The zero-order valence-electron chi connectivity index (χ0n) is 26.0. The molecule has 2 aromatic heterocycles. The van der Waals surface area contributed by atoms with Crippen LogP contribution in [0.15, 0.2) is 60.8 Å². The van der Waals surface area contributed by atoms with Crippen molar-refractivity contribution in [3.05, 3.63) is 88.7 Å². The highest BCUT2D eigenvalue weighted by molar-refractivity contribution is 6.06. The molecule has 2 saturated heterocycles. The minimum atomic E-state index is -0.665. The van der Waals surface area contributed by atoms with Crippen molar-refractivity contribution in [3.8, 4) is 17.6 Å². The molecule has 3 aliphatic rings. The molecule has 0 saturated carbocycles. The van der Waals surface area contributed by atoms with Gasteiger partial charge in [-0.25, -0.2) is 4.98 Å². The highest BCUT2D eigenvalue weighted by Crippen LogP contribution is 2.32. The van der Waals surface area contributed by atoms with Crippen molar-refractivity contribution in [3.63, 3.8) is 0 Å². The Bertz CT molecular complexity index is 1960. The lowest BCUT2D eigenvalue weighted by molar-refractivity contribution is -0.136. The number of benzene rings is 2. The summed E-state index contributed by atoms with van der Waals surface area (Å²) in [6.45, 7) is 1.71. The van der Waals surface area contributed by atoms with Gasteiger partial charge in [-0.15, -0.1) is 0 Å². The Balaban J connectivity index is 0.917. The van der Waals surface area contributed by atoms with E-state index in [1.54, 1.807) is 42.6 Å². The van der Waals surface area contributed by atoms with E-state index in [2.05, 4.69) is 50.5 Å². The van der Waals surface area contributed by atoms with E-state index in [0.717, 1.165) is 35.0 Å². The smallest absolute Gasteiger partial charge is 0.256 e. The maximum atomic E-state index is 13.0. The summed E-state index contributed by atoms with van der Waals surface area (Å²) in [6.07, 6.45) is 5.06. The Kier molecular flexibility index (Phi) is 8.18. The van der Waals surface area contributed by atoms with Crippen molar-refractivity contribution in [2.45, 2.75) is 50.7 Å². The molecule has 0 bridgehead atoms. The molecule has 47 heavy (non-hydrogen) atoms. The van der Waals surface area contributed by atoms with Crippen LogP contribution in [-0.4, -0.2) is 69.6 Å². The fourth-order valence-corrected chi connectivity index (χ4v) is 6.57. The van der Waals surface area contributed by atoms with Crippen molar-refractivity contribution in [1.82, 2.24) is 25.1 Å². The van der Waals surface area contributed by atoms with Crippen LogP contribution < -0.4 is 15.4 Å². The van der Waals surface area contributed by atoms with Crippen molar-refractivity contribution in [2.75, 3.05) is 25.5 Å². The second-order valence-corrected chi connectivity index (χ2v) is 12.1. The number of anilines is 1. The van der Waals surface area contributed by atoms with Gasteiger partial charge in [-0.05, 0) is 80.9 Å². The average Bonchev–Trinajstić information content (AvgIpc) is 3.78. The van der Waals surface area contributed by atoms with Gasteiger partial charge in [0.05, 0.1) is 12.1 Å². The predicted octanol–water partition coefficient (Wildman–Crippen LogP) is 4.16. The van der Waals surface area contributed by atoms with Gasteiger partial charge < -0.3 is 19.9 Å². The van der Waals surface area contributed by atoms with Crippen LogP contribution >= 0.6 is 0 Å². The number of H-pyrrole nitrogens is 1. The summed E-state index contributed by atoms with van der Waals surface area (Å²) in [5.74, 6) is 6.11. The Morgan fingerprint density at radius 1 is 1.09 bits per heavy atom. The molecule has 7 rings (SSSR count). The van der Waals surface area contributed by atoms with E-state index in [-0.39, 0.29) is 30.7 Å². The van der Waals surface area contributed by atoms with Gasteiger partial charge in [0.25, 0.3) is 11.8 Å². The number of ether oxygens (including phenoxy) is 1. The number of nitrogens with one attached hydrogen (secondary N) is 3. The topological polar surface area (TPSA) is 137 Å². The van der Waals surface area contributed by atoms with Crippen molar-refractivity contribution < 1.29 is 23.9 Å². The molecule has 1 unspecified atom stereocenters. The van der Waals surface area contributed by atoms with Gasteiger partial charge in [-0.2, -0.15) is 0 Å². The molecular weight excluding hydrogens is 596 g/mol. The van der Waals surface area contributed by atoms with Crippen LogP contribution in [0.2, 0.25) is 0 Å². The number of likely N-dealkylation sites (tertiary alicyclic amines) is 1. The maximum absolute atomic E-state index is 13.0. The number of fused-ring (bicyclic) bond motifs is 2. The highest BCUT2D eigenvalue weighted by atomic mass is 16.5. The lowest BCUT2D eigenvalue weighted by atomic mass is 10.0. The number of hydrogen-bond donors (Lipinski definition) is 3. The number of aromatic nitrogens is 2. The molecule has 4 amide bonds. The van der Waals surface area contributed by atoms with Gasteiger partial charge >= 0.3 is 0 Å². The summed E-state index contributed by atoms with van der Waals surface area (Å²) in [7, 11) is 2.14. The molecule has 0 spiro atoms. The minimum Gasteiger partial charge on any atom is -0.493 e. The molecule has 5 heterocycles. The van der Waals surface area contributed by atoms with E-state index in [9.17, 15) is 19.2 Å². The molecule has 3 aliphatic heterocycles. The quantitative estimate of drug-likeness (QED) is 0.158. The second-order valence-electron chi connectivity index (χ2n) is 12.1. The van der Waals surface area contributed by atoms with Crippen LogP contribution in [0.1, 0.15) is 75.7 Å². The van der Waals surface area contributed by atoms with E-state index in [1.165, 1.54) is 17.0 Å². The van der Waals surface area contributed by atoms with Gasteiger partial charge in [0.2, 0.25) is 11.8 Å². The molecule has 2 fully saturated rings. The van der Waals surface area contributed by atoms with Gasteiger partial charge in [-0.3, -0.25) is 29.4 Å². The summed E-state index contributed by atoms with van der Waals surface area (Å²) in [6, 6.07) is 16.0. The molecule has 238 valence electrons. The summed E-state index contributed by atoms with van der Waals surface area (Å²) in [5.41, 5.74) is 4.64. The fourth-order valence-electron chi connectivity index (χ4n) is 6.57. The van der Waals surface area contributed by atoms with Crippen LogP contribution in [0.25, 0.3) is 10.9 Å². The summed E-state index contributed by atoms with van der Waals surface area (Å²) in [5, 5.41) is 6.22. The lowest BCUT2D eigenvalue weighted by Gasteiger charge is -2.29. The average molecular weight is 631 g/mol. The molecule has 2 aromatic carbocycles. The first-order chi connectivity index (χ1) is 22.8. The third-order valence-corrected chi connectivity index (χ3v) is 9.06. The fraction of sp³-hybridized carbons (Fsp3) is 0.306. The number of amides is 4. The molecule has 11 nitrogen and oxygen atoms in total. The molecule has 3 N–H and O–H groups in total. The van der Waals surface area contributed by atoms with Crippen LogP contribution in [-0.2, 0) is 16.1 Å². The largest absolute Gasteiger partial charge is 0.493 e. The van der Waals surface area contributed by atoms with Gasteiger partial charge in [0.1, 0.15) is 17.6 Å². The van der Waals surface area contributed by atoms with Gasteiger partial charge in [0, 0.05) is 65.5 Å². The molecule has 2 atom stereocenters. The third-order valence-electron chi connectivity index (χ3n) is 9.06. The first-order valence-electron chi connectivity index (χ1n) is 15.8. The standard InChI is InChI=1S/C36H34N6O5/c1-41-16-5-9-30(41)29-18-24-20-37-32(19-28(24)38-29)39-34(44)23-10-12-25(13-11-23)47-17-3-2-6-22-7-4-8-26-27(22)21-42(36(26)46)31-14-15-33(43)40-35(31)45/h4,7-8,10-13,18-20,30-31,38H,3,5,9,14-17,21H2,1H3,(H,37,39,44)(H,40,43,45)/t30-,31?/m1/s1. The van der Waals surface area contributed by atoms with E-state index in [4.69, 9.17) is 4.74 Å².